The first-order valence-electron chi connectivity index (χ1n) is 4.17. The van der Waals surface area contributed by atoms with Gasteiger partial charge in [-0.1, -0.05) is 11.6 Å². The van der Waals surface area contributed by atoms with E-state index in [-0.39, 0.29) is 5.69 Å². The largest absolute Gasteiger partial charge is 0.317 e. The van der Waals surface area contributed by atoms with Crippen molar-refractivity contribution in [2.24, 2.45) is 0 Å². The normalized spacial score (nSPS) is 8.86. The average Bonchev–Trinajstić information content (AvgIpc) is 2.56. The lowest BCUT2D eigenvalue weighted by Gasteiger charge is -1.98. The van der Waals surface area contributed by atoms with Gasteiger partial charge in [-0.15, -0.1) is 0 Å². The number of imidazole rings is 1. The molecule has 0 spiro atoms. The summed E-state index contributed by atoms with van der Waals surface area (Å²) in [6.07, 6.45) is 3.49. The fraction of sp³-hybridized carbons (Fsp3) is 0.300. The first-order valence-corrected chi connectivity index (χ1v) is 4.17. The van der Waals surface area contributed by atoms with E-state index in [9.17, 15) is 0 Å². The van der Waals surface area contributed by atoms with Crippen LogP contribution in [0.15, 0.2) is 18.0 Å². The number of hydrogen-bond acceptors (Lipinski definition) is 3. The van der Waals surface area contributed by atoms with Gasteiger partial charge in [-0.2, -0.15) is 10.5 Å². The van der Waals surface area contributed by atoms with Crippen LogP contribution in [0.3, 0.4) is 0 Å². The van der Waals surface area contributed by atoms with Gasteiger partial charge < -0.3 is 4.57 Å². The molecule has 1 heterocycles. The Labute approximate surface area is 82.7 Å². The van der Waals surface area contributed by atoms with E-state index in [0.29, 0.717) is 12.2 Å². The fourth-order valence-electron chi connectivity index (χ4n) is 1.00. The summed E-state index contributed by atoms with van der Waals surface area (Å²) in [6, 6.07) is 3.85. The molecule has 1 rings (SSSR count). The SMILES string of the molecule is CC(C)=CCn1cnc(C#N)c1C#N. The third-order valence-corrected chi connectivity index (χ3v) is 1.75. The Bertz CT molecular complexity index is 436. The Kier molecular flexibility index (Phi) is 3.04. The second-order valence-electron chi connectivity index (χ2n) is 3.10. The summed E-state index contributed by atoms with van der Waals surface area (Å²) >= 11 is 0. The quantitative estimate of drug-likeness (QED) is 0.659. The summed E-state index contributed by atoms with van der Waals surface area (Å²) in [6.45, 7) is 4.54. The standard InChI is InChI=1S/C10H10N4/c1-8(2)3-4-14-7-13-9(5-11)10(14)6-12/h3,7H,4H2,1-2H3. The molecule has 0 aliphatic heterocycles. The second kappa shape index (κ2) is 4.25. The molecule has 0 saturated carbocycles. The van der Waals surface area contributed by atoms with E-state index in [2.05, 4.69) is 4.98 Å². The molecule has 0 saturated heterocycles. The minimum Gasteiger partial charge on any atom is -0.317 e. The fourth-order valence-corrected chi connectivity index (χ4v) is 1.00. The molecular weight excluding hydrogens is 176 g/mol. The van der Waals surface area contributed by atoms with Crippen molar-refractivity contribution in [1.29, 1.82) is 10.5 Å². The van der Waals surface area contributed by atoms with Crippen molar-refractivity contribution in [2.45, 2.75) is 20.4 Å². The lowest BCUT2D eigenvalue weighted by Crippen LogP contribution is -1.97. The Morgan fingerprint density at radius 1 is 1.50 bits per heavy atom. The van der Waals surface area contributed by atoms with Gasteiger partial charge in [0.1, 0.15) is 12.1 Å². The zero-order valence-electron chi connectivity index (χ0n) is 8.15. The summed E-state index contributed by atoms with van der Waals surface area (Å²) in [5.41, 5.74) is 1.68. The molecule has 1 aromatic rings. The number of rotatable bonds is 2. The predicted octanol–water partition coefficient (Wildman–Crippen LogP) is 1.59. The molecule has 0 aliphatic carbocycles. The maximum absolute atomic E-state index is 8.80. The Balaban J connectivity index is 3.01. The van der Waals surface area contributed by atoms with E-state index < -0.39 is 0 Å². The molecule has 0 unspecified atom stereocenters. The molecule has 0 aromatic carbocycles. The topological polar surface area (TPSA) is 65.4 Å². The Morgan fingerprint density at radius 3 is 2.71 bits per heavy atom. The van der Waals surface area contributed by atoms with Crippen molar-refractivity contribution in [2.75, 3.05) is 0 Å². The van der Waals surface area contributed by atoms with Gasteiger partial charge in [-0.05, 0) is 13.8 Å². The maximum Gasteiger partial charge on any atom is 0.176 e. The number of nitrogens with zero attached hydrogens (tertiary/aromatic N) is 4. The Hall–Kier alpha value is -2.07. The van der Waals surface area contributed by atoms with Crippen LogP contribution in [0.4, 0.5) is 0 Å². The van der Waals surface area contributed by atoms with Crippen molar-refractivity contribution < 1.29 is 0 Å². The zero-order chi connectivity index (χ0) is 10.6. The number of aromatic nitrogens is 2. The van der Waals surface area contributed by atoms with Crippen molar-refractivity contribution in [1.82, 2.24) is 9.55 Å². The monoisotopic (exact) mass is 186 g/mol. The van der Waals surface area contributed by atoms with Gasteiger partial charge in [-0.25, -0.2) is 4.98 Å². The van der Waals surface area contributed by atoms with Gasteiger partial charge >= 0.3 is 0 Å². The van der Waals surface area contributed by atoms with E-state index in [1.807, 2.05) is 32.1 Å². The molecule has 0 amide bonds. The van der Waals surface area contributed by atoms with Crippen LogP contribution in [0.25, 0.3) is 0 Å². The molecule has 4 heteroatoms. The van der Waals surface area contributed by atoms with Gasteiger partial charge in [-0.3, -0.25) is 0 Å². The molecule has 0 radical (unpaired) electrons. The average molecular weight is 186 g/mol. The van der Waals surface area contributed by atoms with Crippen LogP contribution in [0, 0.1) is 22.7 Å². The number of nitriles is 2. The molecule has 70 valence electrons. The van der Waals surface area contributed by atoms with Gasteiger partial charge in [0.05, 0.1) is 6.33 Å². The smallest absolute Gasteiger partial charge is 0.176 e. The van der Waals surface area contributed by atoms with Gasteiger partial charge in [0, 0.05) is 6.54 Å². The molecule has 0 atom stereocenters. The molecule has 1 aromatic heterocycles. The van der Waals surface area contributed by atoms with Crippen LogP contribution >= 0.6 is 0 Å². The van der Waals surface area contributed by atoms with E-state index >= 15 is 0 Å². The summed E-state index contributed by atoms with van der Waals surface area (Å²) in [7, 11) is 0. The molecule has 4 nitrogen and oxygen atoms in total. The summed E-state index contributed by atoms with van der Waals surface area (Å²) in [4.78, 5) is 3.83. The lowest BCUT2D eigenvalue weighted by atomic mass is 10.3. The highest BCUT2D eigenvalue weighted by atomic mass is 15.0. The first kappa shape index (κ1) is 10.0. The molecule has 0 N–H and O–H groups in total. The van der Waals surface area contributed by atoms with Crippen LogP contribution in [0.5, 0.6) is 0 Å². The molecule has 0 bridgehead atoms. The highest BCUT2D eigenvalue weighted by Crippen LogP contribution is 2.05. The minimum absolute atomic E-state index is 0.189. The van der Waals surface area contributed by atoms with E-state index in [1.165, 1.54) is 11.9 Å². The van der Waals surface area contributed by atoms with Gasteiger partial charge in [0.15, 0.2) is 11.4 Å². The third kappa shape index (κ3) is 1.99. The van der Waals surface area contributed by atoms with Gasteiger partial charge in [0.2, 0.25) is 0 Å². The minimum atomic E-state index is 0.189. The van der Waals surface area contributed by atoms with Crippen molar-refractivity contribution in [3.8, 4) is 12.1 Å². The van der Waals surface area contributed by atoms with Crippen LogP contribution in [-0.2, 0) is 6.54 Å². The predicted molar refractivity (Wildman–Crippen MR) is 51.1 cm³/mol. The van der Waals surface area contributed by atoms with E-state index in [1.54, 1.807) is 4.57 Å². The Morgan fingerprint density at radius 2 is 2.21 bits per heavy atom. The number of allylic oxidation sites excluding steroid dienone is 2. The molecular formula is C10H10N4. The second-order valence-corrected chi connectivity index (χ2v) is 3.10. The number of hydrogen-bond donors (Lipinski definition) is 0. The maximum atomic E-state index is 8.80. The molecule has 14 heavy (non-hydrogen) atoms. The molecule has 0 fully saturated rings. The first-order chi connectivity index (χ1) is 6.69. The highest BCUT2D eigenvalue weighted by molar-refractivity contribution is 5.36. The summed E-state index contributed by atoms with van der Waals surface area (Å²) in [5.74, 6) is 0. The van der Waals surface area contributed by atoms with Crippen molar-refractivity contribution in [3.05, 3.63) is 29.4 Å². The summed E-state index contributed by atoms with van der Waals surface area (Å²) < 4.78 is 1.66. The zero-order valence-corrected chi connectivity index (χ0v) is 8.15. The van der Waals surface area contributed by atoms with Crippen LogP contribution < -0.4 is 0 Å². The van der Waals surface area contributed by atoms with Crippen molar-refractivity contribution >= 4 is 0 Å². The van der Waals surface area contributed by atoms with E-state index in [4.69, 9.17) is 10.5 Å². The lowest BCUT2D eigenvalue weighted by molar-refractivity contribution is 0.802. The van der Waals surface area contributed by atoms with Crippen LogP contribution in [0.2, 0.25) is 0 Å². The van der Waals surface area contributed by atoms with Gasteiger partial charge in [0.25, 0.3) is 0 Å². The van der Waals surface area contributed by atoms with E-state index in [0.717, 1.165) is 0 Å². The molecule has 0 aliphatic rings. The third-order valence-electron chi connectivity index (χ3n) is 1.75. The van der Waals surface area contributed by atoms with Crippen LogP contribution in [-0.4, -0.2) is 9.55 Å². The van der Waals surface area contributed by atoms with Crippen LogP contribution in [0.1, 0.15) is 25.2 Å². The highest BCUT2D eigenvalue weighted by Gasteiger charge is 2.07. The van der Waals surface area contributed by atoms with Crippen molar-refractivity contribution in [3.63, 3.8) is 0 Å². The summed E-state index contributed by atoms with van der Waals surface area (Å²) in [5, 5.41) is 17.4.